The molecule has 0 atom stereocenters. The van der Waals surface area contributed by atoms with Gasteiger partial charge in [-0.3, -0.25) is 20.2 Å². The van der Waals surface area contributed by atoms with Crippen molar-refractivity contribution >= 4 is 33.0 Å². The Morgan fingerprint density at radius 2 is 0.673 bits per heavy atom. The molecule has 52 heavy (non-hydrogen) atoms. The summed E-state index contributed by atoms with van der Waals surface area (Å²) in [5, 5.41) is 23.5. The Labute approximate surface area is 309 Å². The normalized spacial score (nSPS) is 9.77. The predicted octanol–water partition coefficient (Wildman–Crippen LogP) is 9.90. The van der Waals surface area contributed by atoms with Gasteiger partial charge in [-0.1, -0.05) is 105 Å². The minimum atomic E-state index is -0.442. The molecule has 0 aliphatic rings. The van der Waals surface area contributed by atoms with Crippen molar-refractivity contribution in [2.24, 2.45) is 0 Å². The van der Waals surface area contributed by atoms with E-state index in [1.807, 2.05) is 109 Å². The Bertz CT molecular complexity index is 2340. The average molecular weight is 709 g/mol. The van der Waals surface area contributed by atoms with Crippen LogP contribution in [-0.2, 0) is 0 Å². The fraction of sp³-hybridized carbons (Fsp3) is 0. The average Bonchev–Trinajstić information content (AvgIpc) is 3.18. The maximum atomic E-state index is 11.8. The van der Waals surface area contributed by atoms with E-state index in [9.17, 15) is 20.2 Å². The largest absolute Gasteiger partial charge is 0.286 e. The molecule has 0 saturated heterocycles. The first-order valence-corrected chi connectivity index (χ1v) is 17.8. The van der Waals surface area contributed by atoms with Crippen LogP contribution in [0.25, 0.3) is 0 Å². The molecule has 0 aliphatic heterocycles. The summed E-state index contributed by atoms with van der Waals surface area (Å²) in [6, 6.07) is 43.8. The summed E-state index contributed by atoms with van der Waals surface area (Å²) in [4.78, 5) is 24.6. The highest BCUT2D eigenvalue weighted by Crippen LogP contribution is 2.37. The third kappa shape index (κ3) is 9.82. The number of nitro benzene ring substituents is 2. The number of rotatable bonds is 5. The smallest absolute Gasteiger partial charge is 0.258 e. The SMILES string of the molecule is O=[N+]([O-])c1cc(C#Cc2ccccc2)ccc1C#Cc1ccc(SSc2ccc(C#Cc3ccc(C#Cc4ccccc4)cc3[N+](=O)[O-])cc2)cc1. The van der Waals surface area contributed by atoms with Gasteiger partial charge in [-0.05, 0) is 97.1 Å². The quantitative estimate of drug-likeness (QED) is 0.0767. The van der Waals surface area contributed by atoms with Gasteiger partial charge in [0.15, 0.2) is 0 Å². The maximum Gasteiger partial charge on any atom is 0.286 e. The molecule has 0 spiro atoms. The van der Waals surface area contributed by atoms with Gasteiger partial charge in [-0.15, -0.1) is 0 Å². The van der Waals surface area contributed by atoms with E-state index in [2.05, 4.69) is 47.4 Å². The fourth-order valence-electron chi connectivity index (χ4n) is 4.63. The molecule has 6 rings (SSSR count). The van der Waals surface area contributed by atoms with E-state index >= 15 is 0 Å². The van der Waals surface area contributed by atoms with Crippen molar-refractivity contribution in [2.75, 3.05) is 0 Å². The van der Waals surface area contributed by atoms with Gasteiger partial charge in [0.1, 0.15) is 11.1 Å². The lowest BCUT2D eigenvalue weighted by Crippen LogP contribution is -1.93. The molecule has 8 heteroatoms. The first kappa shape index (κ1) is 34.9. The lowest BCUT2D eigenvalue weighted by Gasteiger charge is -2.02. The van der Waals surface area contributed by atoms with Crippen LogP contribution in [0.2, 0.25) is 0 Å². The number of nitro groups is 2. The molecule has 0 heterocycles. The second-order valence-corrected chi connectivity index (χ2v) is 13.2. The van der Waals surface area contributed by atoms with Gasteiger partial charge in [0.25, 0.3) is 11.4 Å². The molecule has 0 unspecified atom stereocenters. The van der Waals surface area contributed by atoms with Gasteiger partial charge < -0.3 is 0 Å². The second-order valence-electron chi connectivity index (χ2n) is 10.9. The molecule has 246 valence electrons. The fourth-order valence-corrected chi connectivity index (χ4v) is 6.56. The lowest BCUT2D eigenvalue weighted by atomic mass is 10.1. The minimum Gasteiger partial charge on any atom is -0.258 e. The van der Waals surface area contributed by atoms with Crippen molar-refractivity contribution in [1.29, 1.82) is 0 Å². The molecule has 6 nitrogen and oxygen atoms in total. The highest BCUT2D eigenvalue weighted by Gasteiger charge is 2.13. The van der Waals surface area contributed by atoms with Crippen LogP contribution in [-0.4, -0.2) is 9.85 Å². The van der Waals surface area contributed by atoms with Crippen molar-refractivity contribution in [2.45, 2.75) is 9.79 Å². The number of hydrogen-bond acceptors (Lipinski definition) is 6. The van der Waals surface area contributed by atoms with E-state index in [1.54, 1.807) is 45.9 Å². The van der Waals surface area contributed by atoms with Crippen LogP contribution in [0.1, 0.15) is 44.5 Å². The first-order valence-electron chi connectivity index (χ1n) is 15.7. The van der Waals surface area contributed by atoms with Crippen LogP contribution in [0.15, 0.2) is 155 Å². The summed E-state index contributed by atoms with van der Waals surface area (Å²) in [6.07, 6.45) is 0. The van der Waals surface area contributed by atoms with Gasteiger partial charge in [-0.25, -0.2) is 0 Å². The van der Waals surface area contributed by atoms with Crippen molar-refractivity contribution in [3.05, 3.63) is 210 Å². The van der Waals surface area contributed by atoms with E-state index in [4.69, 9.17) is 0 Å². The third-order valence-electron chi connectivity index (χ3n) is 7.26. The van der Waals surface area contributed by atoms with E-state index in [1.165, 1.54) is 12.1 Å². The Balaban J connectivity index is 1.06. The zero-order chi connectivity index (χ0) is 36.1. The standard InChI is InChI=1S/C44H24N2O4S2/c47-45(48)43-31-37(13-11-33-7-3-1-4-8-33)17-25-39(43)23-15-35-19-27-41(28-20-35)51-52-42-29-21-36(22-30-42)16-24-40-26-18-38(32-44(40)46(49)50)14-12-34-9-5-2-6-10-34/h1-10,17-22,25-32H. The van der Waals surface area contributed by atoms with Gasteiger partial charge in [0, 0.05) is 55.3 Å². The van der Waals surface area contributed by atoms with Crippen molar-refractivity contribution in [3.63, 3.8) is 0 Å². The molecule has 0 N–H and O–H groups in total. The van der Waals surface area contributed by atoms with Crippen molar-refractivity contribution in [3.8, 4) is 47.4 Å². The maximum absolute atomic E-state index is 11.8. The third-order valence-corrected chi connectivity index (χ3v) is 9.68. The Morgan fingerprint density at radius 3 is 1.04 bits per heavy atom. The van der Waals surface area contributed by atoms with Gasteiger partial charge in [-0.2, -0.15) is 0 Å². The second kappa shape index (κ2) is 17.1. The Morgan fingerprint density at radius 1 is 0.365 bits per heavy atom. The highest BCUT2D eigenvalue weighted by atomic mass is 33.1. The molecule has 0 saturated carbocycles. The molecule has 6 aromatic rings. The van der Waals surface area contributed by atoms with E-state index < -0.39 is 9.85 Å². The lowest BCUT2D eigenvalue weighted by molar-refractivity contribution is -0.385. The molecular formula is C44H24N2O4S2. The highest BCUT2D eigenvalue weighted by molar-refractivity contribution is 8.76. The molecular weight excluding hydrogens is 685 g/mol. The Hall–Kier alpha value is -6.94. The monoisotopic (exact) mass is 708 g/mol. The molecule has 0 aliphatic carbocycles. The van der Waals surface area contributed by atoms with Crippen LogP contribution >= 0.6 is 21.6 Å². The molecule has 0 fully saturated rings. The van der Waals surface area contributed by atoms with Gasteiger partial charge in [0.2, 0.25) is 0 Å². The molecule has 0 bridgehead atoms. The Kier molecular flexibility index (Phi) is 11.5. The minimum absolute atomic E-state index is 0.0895. The molecule has 0 radical (unpaired) electrons. The number of benzene rings is 6. The topological polar surface area (TPSA) is 86.3 Å². The van der Waals surface area contributed by atoms with Gasteiger partial charge in [0.05, 0.1) is 9.85 Å². The summed E-state index contributed by atoms with van der Waals surface area (Å²) in [5.41, 5.74) is 4.66. The van der Waals surface area contributed by atoms with Crippen molar-refractivity contribution in [1.82, 2.24) is 0 Å². The molecule has 0 aromatic heterocycles. The summed E-state index contributed by atoms with van der Waals surface area (Å²) >= 11 is 0. The first-order chi connectivity index (χ1) is 25.4. The summed E-state index contributed by atoms with van der Waals surface area (Å²) in [5.74, 6) is 23.9. The van der Waals surface area contributed by atoms with Crippen LogP contribution in [0, 0.1) is 67.6 Å². The van der Waals surface area contributed by atoms with E-state index in [0.29, 0.717) is 22.3 Å². The van der Waals surface area contributed by atoms with Crippen molar-refractivity contribution < 1.29 is 9.85 Å². The van der Waals surface area contributed by atoms with Crippen LogP contribution < -0.4 is 0 Å². The zero-order valence-corrected chi connectivity index (χ0v) is 28.8. The predicted molar refractivity (Wildman–Crippen MR) is 208 cm³/mol. The summed E-state index contributed by atoms with van der Waals surface area (Å²) in [6.45, 7) is 0. The summed E-state index contributed by atoms with van der Waals surface area (Å²) < 4.78 is 0. The van der Waals surface area contributed by atoms with E-state index in [-0.39, 0.29) is 11.4 Å². The number of nitrogens with zero attached hydrogens (tertiary/aromatic N) is 2. The molecule has 6 aromatic carbocycles. The van der Waals surface area contributed by atoms with Crippen LogP contribution in [0.3, 0.4) is 0 Å². The number of hydrogen-bond donors (Lipinski definition) is 0. The van der Waals surface area contributed by atoms with Gasteiger partial charge >= 0.3 is 0 Å². The molecule has 0 amide bonds. The zero-order valence-electron chi connectivity index (χ0n) is 27.2. The van der Waals surface area contributed by atoms with Crippen LogP contribution in [0.5, 0.6) is 0 Å². The van der Waals surface area contributed by atoms with Crippen LogP contribution in [0.4, 0.5) is 11.4 Å². The summed E-state index contributed by atoms with van der Waals surface area (Å²) in [7, 11) is 3.15. The van der Waals surface area contributed by atoms with E-state index in [0.717, 1.165) is 32.0 Å².